The monoisotopic (exact) mass is 2060 g/mol. The summed E-state index contributed by atoms with van der Waals surface area (Å²) in [6.45, 7) is 27.8. The number of ether oxygens (including phenoxy) is 17. The smallest absolute Gasteiger partial charge is 0.303 e. The van der Waals surface area contributed by atoms with Gasteiger partial charge in [0.25, 0.3) is 17.1 Å². The summed E-state index contributed by atoms with van der Waals surface area (Å²) in [6.07, 6.45) is 2.64. The standard InChI is InChI=1S/C90H109N2O15P.C26H46N3O9P/c1-70(2)92(71(3)4)108(107-65-22-56-91)106-64-21-20-57-99-66-87(67-100-58-23-61-103-88(72-26-14-11-15-27-72,75-32-44-81(93-5)45-33-75)76-34-46-82(94-6)47-35-76,68-101-59-24-62-104-89(73-28-16-12-17-29-73,77-36-48-83(95-7)49-37-77)78-38-50-84(96-8)51-39-78)69-102-60-25-63-105-90(74-30-18-13-19-31-74,79-40-52-85(97-9)53-41-79)80-42-54-86(98-10)55-43-80;1-17(2)29(18(3)4)39(36-15-11-12-27)35-14-10-9-13-33-26-24(28-20(6)30)19(5)25(37-22(8)32)23(38-26)16-34-21(7)31/h11-19,26-55,70-71H,20-25,57-69H2,1-10H3;17-19,23-26H,9-11,13-16H2,1-8H3,(H,28,30). The van der Waals surface area contributed by atoms with Gasteiger partial charge in [0, 0.05) is 83.9 Å². The van der Waals surface area contributed by atoms with Gasteiger partial charge in [-0.2, -0.15) is 10.5 Å². The number of carbonyl (C=O) groups excluding carboxylic acids is 3. The molecule has 0 radical (unpaired) electrons. The second-order valence-corrected chi connectivity index (χ2v) is 39.8. The molecular weight excluding hydrogens is 1910 g/mol. The number of hydrogen-bond acceptors (Lipinski definition) is 28. The van der Waals surface area contributed by atoms with Gasteiger partial charge in [-0.1, -0.05) is 171 Å². The van der Waals surface area contributed by atoms with Crippen molar-refractivity contribution in [3.8, 4) is 46.6 Å². The summed E-state index contributed by atoms with van der Waals surface area (Å²) in [6, 6.07) is 83.7. The van der Waals surface area contributed by atoms with Crippen molar-refractivity contribution in [2.24, 2.45) is 11.3 Å². The molecule has 9 aromatic rings. The predicted molar refractivity (Wildman–Crippen MR) is 569 cm³/mol. The first kappa shape index (κ1) is 120. The van der Waals surface area contributed by atoms with E-state index in [1.165, 1.54) is 20.8 Å². The third-order valence-corrected chi connectivity index (χ3v) is 29.0. The zero-order chi connectivity index (χ0) is 106. The molecule has 1 N–H and O–H groups in total. The van der Waals surface area contributed by atoms with Crippen molar-refractivity contribution >= 4 is 34.9 Å². The topological polar surface area (TPSA) is 311 Å². The highest BCUT2D eigenvalue weighted by molar-refractivity contribution is 7.44. The predicted octanol–water partition coefficient (Wildman–Crippen LogP) is 21.8. The van der Waals surface area contributed by atoms with Gasteiger partial charge < -0.3 is 104 Å². The summed E-state index contributed by atoms with van der Waals surface area (Å²) in [5.74, 6) is 2.80. The van der Waals surface area contributed by atoms with Crippen LogP contribution in [0.1, 0.15) is 191 Å². The lowest BCUT2D eigenvalue weighted by Gasteiger charge is -2.44. The van der Waals surface area contributed by atoms with E-state index in [1.54, 1.807) is 42.7 Å². The van der Waals surface area contributed by atoms with Crippen LogP contribution in [0.2, 0.25) is 0 Å². The lowest BCUT2D eigenvalue weighted by Crippen LogP contribution is -2.62. The molecule has 0 aliphatic carbocycles. The van der Waals surface area contributed by atoms with E-state index in [0.717, 1.165) is 84.6 Å². The van der Waals surface area contributed by atoms with E-state index < -0.39 is 75.7 Å². The molecule has 798 valence electrons. The molecule has 147 heavy (non-hydrogen) atoms. The molecule has 0 bridgehead atoms. The first-order valence-corrected chi connectivity index (χ1v) is 53.0. The molecule has 1 aliphatic heterocycles. The van der Waals surface area contributed by atoms with Gasteiger partial charge in [0.2, 0.25) is 5.91 Å². The Morgan fingerprint density at radius 2 is 0.633 bits per heavy atom. The number of carbonyl (C=O) groups is 3. The normalized spacial score (nSPS) is 15.4. The number of hydrogen-bond donors (Lipinski definition) is 1. The van der Waals surface area contributed by atoms with E-state index in [2.05, 4.69) is 191 Å². The molecule has 7 unspecified atom stereocenters. The number of amides is 1. The van der Waals surface area contributed by atoms with Crippen LogP contribution >= 0.6 is 17.1 Å². The molecule has 1 amide bonds. The number of nitriles is 2. The zero-order valence-corrected chi connectivity index (χ0v) is 90.9. The number of benzene rings is 9. The number of rotatable bonds is 67. The summed E-state index contributed by atoms with van der Waals surface area (Å²) >= 11 is 0. The van der Waals surface area contributed by atoms with Gasteiger partial charge in [-0.05, 0) is 223 Å². The quantitative estimate of drug-likeness (QED) is 0.0160. The molecule has 0 spiro atoms. The van der Waals surface area contributed by atoms with Gasteiger partial charge in [-0.3, -0.25) is 14.4 Å². The number of esters is 2. The third-order valence-electron chi connectivity index (χ3n) is 24.8. The number of nitrogens with zero attached hydrogens (tertiary/aromatic N) is 4. The van der Waals surface area contributed by atoms with E-state index in [9.17, 15) is 19.6 Å². The second-order valence-electron chi connectivity index (χ2n) is 36.9. The van der Waals surface area contributed by atoms with Gasteiger partial charge in [0.15, 0.2) is 6.29 Å². The van der Waals surface area contributed by atoms with Crippen LogP contribution < -0.4 is 33.7 Å². The van der Waals surface area contributed by atoms with Crippen LogP contribution in [0.4, 0.5) is 0 Å². The summed E-state index contributed by atoms with van der Waals surface area (Å²) < 4.78 is 135. The number of unbranched alkanes of at least 4 members (excludes halogenated alkanes) is 2. The Bertz CT molecular complexity index is 4750. The first-order chi connectivity index (χ1) is 71.2. The lowest BCUT2D eigenvalue weighted by molar-refractivity contribution is -0.262. The maximum Gasteiger partial charge on any atom is 0.303 e. The average molecular weight is 2070 g/mol. The summed E-state index contributed by atoms with van der Waals surface area (Å²) in [5, 5.41) is 21.1. The molecule has 9 aromatic carbocycles. The average Bonchev–Trinajstić information content (AvgIpc) is 0.757. The molecule has 10 rings (SSSR count). The van der Waals surface area contributed by atoms with Crippen molar-refractivity contribution in [1.82, 2.24) is 14.7 Å². The Morgan fingerprint density at radius 3 is 0.898 bits per heavy atom. The van der Waals surface area contributed by atoms with E-state index in [1.807, 2.05) is 134 Å². The molecule has 29 nitrogen and oxygen atoms in total. The molecule has 1 saturated heterocycles. The zero-order valence-electron chi connectivity index (χ0n) is 89.1. The van der Waals surface area contributed by atoms with Gasteiger partial charge in [0.1, 0.15) is 70.1 Å². The van der Waals surface area contributed by atoms with Crippen LogP contribution in [0.5, 0.6) is 34.5 Å². The Balaban J connectivity index is 0.000000517. The minimum Gasteiger partial charge on any atom is -0.497 e. The maximum atomic E-state index is 11.9. The van der Waals surface area contributed by atoms with Crippen molar-refractivity contribution in [3.05, 3.63) is 287 Å². The Labute approximate surface area is 874 Å². The third kappa shape index (κ3) is 35.8. The highest BCUT2D eigenvalue weighted by Gasteiger charge is 2.48. The molecule has 0 aromatic heterocycles. The van der Waals surface area contributed by atoms with Crippen LogP contribution in [0.25, 0.3) is 0 Å². The van der Waals surface area contributed by atoms with Crippen LogP contribution in [0.3, 0.4) is 0 Å². The summed E-state index contributed by atoms with van der Waals surface area (Å²) in [7, 11) is 7.30. The van der Waals surface area contributed by atoms with E-state index >= 15 is 0 Å². The summed E-state index contributed by atoms with van der Waals surface area (Å²) in [4.78, 5) is 35.0. The van der Waals surface area contributed by atoms with E-state index in [-0.39, 0.29) is 75.4 Å². The Kier molecular flexibility index (Phi) is 52.3. The number of nitrogens with one attached hydrogen (secondary N) is 1. The van der Waals surface area contributed by atoms with Crippen LogP contribution in [-0.4, -0.2) is 231 Å². The van der Waals surface area contributed by atoms with Crippen LogP contribution in [0.15, 0.2) is 237 Å². The Morgan fingerprint density at radius 1 is 0.361 bits per heavy atom. The van der Waals surface area contributed by atoms with Crippen LogP contribution in [-0.2, 0) is 101 Å². The maximum absolute atomic E-state index is 11.9. The number of methoxy groups -OCH3 is 6. The fourth-order valence-corrected chi connectivity index (χ4v) is 21.1. The first-order valence-electron chi connectivity index (χ1n) is 50.8. The highest BCUT2D eigenvalue weighted by Crippen LogP contribution is 2.50. The van der Waals surface area contributed by atoms with E-state index in [0.29, 0.717) is 131 Å². The van der Waals surface area contributed by atoms with Crippen molar-refractivity contribution < 1.29 is 113 Å². The van der Waals surface area contributed by atoms with Gasteiger partial charge in [-0.25, -0.2) is 9.34 Å². The van der Waals surface area contributed by atoms with Crippen molar-refractivity contribution in [2.45, 2.75) is 206 Å². The molecule has 1 fully saturated rings. The van der Waals surface area contributed by atoms with Crippen molar-refractivity contribution in [2.75, 3.05) is 155 Å². The minimum absolute atomic E-state index is 0.115. The van der Waals surface area contributed by atoms with Gasteiger partial charge in [0.05, 0.1) is 152 Å². The van der Waals surface area contributed by atoms with Gasteiger partial charge >= 0.3 is 11.9 Å². The molecule has 7 atom stereocenters. The molecular formula is C116H155N5O24P2. The fraction of sp³-hybridized carbons (Fsp3) is 0.491. The minimum atomic E-state index is -1.40. The second kappa shape index (κ2) is 64.1. The largest absolute Gasteiger partial charge is 0.497 e. The lowest BCUT2D eigenvalue weighted by atomic mass is 9.80. The van der Waals surface area contributed by atoms with Crippen molar-refractivity contribution in [3.63, 3.8) is 0 Å². The van der Waals surface area contributed by atoms with E-state index in [4.69, 9.17) is 104 Å². The summed E-state index contributed by atoms with van der Waals surface area (Å²) in [5.41, 5.74) is 4.64. The van der Waals surface area contributed by atoms with Gasteiger partial charge in [-0.15, -0.1) is 0 Å². The molecule has 0 saturated carbocycles. The van der Waals surface area contributed by atoms with Crippen LogP contribution in [0, 0.1) is 34.0 Å². The molecule has 31 heteroatoms. The Hall–Kier alpha value is -10.6. The fourth-order valence-electron chi connectivity index (χ4n) is 17.8. The van der Waals surface area contributed by atoms with Crippen molar-refractivity contribution in [1.29, 1.82) is 10.5 Å². The SMILES string of the molecule is CC(=O)NC1C(OCCCCOP(OCCC#N)N(C(C)C)C(C)C)OC(COC(C)=O)C(OC(C)=O)C1C.COc1ccc(C(OCCCOCC(COCCCCOP(OCCC#N)N(C(C)C)C(C)C)(COCCCOC(c2ccccc2)(c2ccc(OC)cc2)c2ccc(OC)cc2)COCCCOC(c2ccccc2)(c2ccc(OC)cc2)c2ccc(OC)cc2)(c2ccccc2)c2ccc(OC)cc2)cc1. The molecule has 1 aliphatic rings. The molecule has 1 heterocycles. The highest BCUT2D eigenvalue weighted by atomic mass is 31.2.